The van der Waals surface area contributed by atoms with Crippen LogP contribution in [-0.2, 0) is 11.4 Å². The number of primary amides is 1. The zero-order valence-electron chi connectivity index (χ0n) is 17.1. The number of likely N-dealkylation sites (tertiary alicyclic amines) is 1. The fraction of sp³-hybridized carbons (Fsp3) is 0.450. The fourth-order valence-electron chi connectivity index (χ4n) is 3.61. The Hall–Kier alpha value is -3.21. The summed E-state index contributed by atoms with van der Waals surface area (Å²) in [5, 5.41) is 13.5. The number of piperidine rings is 1. The van der Waals surface area contributed by atoms with Crippen molar-refractivity contribution < 1.29 is 24.0 Å². The van der Waals surface area contributed by atoms with Gasteiger partial charge in [0.25, 0.3) is 11.6 Å². The average molecular weight is 449 g/mol. The second-order valence-corrected chi connectivity index (χ2v) is 8.03. The number of nitro groups is 1. The SMILES string of the molecule is COc1cc(C(=O)N2CCCC(CCC(N)=O)C2)c([N+](=O)[O-])cc1OCc1cscn1. The Bertz CT molecular complexity index is 949. The molecule has 2 N–H and O–H groups in total. The Labute approximate surface area is 183 Å². The van der Waals surface area contributed by atoms with Gasteiger partial charge in [-0.2, -0.15) is 0 Å². The van der Waals surface area contributed by atoms with Crippen molar-refractivity contribution in [3.05, 3.63) is 44.4 Å². The third-order valence-electron chi connectivity index (χ3n) is 5.17. The molecule has 0 bridgehead atoms. The summed E-state index contributed by atoms with van der Waals surface area (Å²) in [7, 11) is 1.41. The summed E-state index contributed by atoms with van der Waals surface area (Å²) >= 11 is 1.41. The molecule has 1 saturated heterocycles. The highest BCUT2D eigenvalue weighted by atomic mass is 32.1. The molecule has 1 fully saturated rings. The summed E-state index contributed by atoms with van der Waals surface area (Å²) in [6, 6.07) is 2.57. The molecule has 0 radical (unpaired) electrons. The van der Waals surface area contributed by atoms with Crippen molar-refractivity contribution in [1.29, 1.82) is 0 Å². The van der Waals surface area contributed by atoms with Gasteiger partial charge in [0.1, 0.15) is 12.2 Å². The van der Waals surface area contributed by atoms with E-state index in [1.165, 1.54) is 30.6 Å². The molecular formula is C20H24N4O6S. The lowest BCUT2D eigenvalue weighted by molar-refractivity contribution is -0.385. The van der Waals surface area contributed by atoms with Crippen molar-refractivity contribution >= 4 is 28.8 Å². The third-order valence-corrected chi connectivity index (χ3v) is 5.81. The highest BCUT2D eigenvalue weighted by Crippen LogP contribution is 2.36. The van der Waals surface area contributed by atoms with Crippen molar-refractivity contribution in [2.45, 2.75) is 32.3 Å². The molecule has 1 aliphatic heterocycles. The number of hydrogen-bond acceptors (Lipinski definition) is 8. The Kier molecular flexibility index (Phi) is 7.40. The summed E-state index contributed by atoms with van der Waals surface area (Å²) in [4.78, 5) is 41.0. The van der Waals surface area contributed by atoms with Crippen LogP contribution in [0, 0.1) is 16.0 Å². The zero-order valence-corrected chi connectivity index (χ0v) is 17.9. The number of benzene rings is 1. The van der Waals surface area contributed by atoms with E-state index in [2.05, 4.69) is 4.98 Å². The van der Waals surface area contributed by atoms with Crippen LogP contribution >= 0.6 is 11.3 Å². The topological polar surface area (TPSA) is 138 Å². The quantitative estimate of drug-likeness (QED) is 0.460. The Morgan fingerprint density at radius 3 is 2.84 bits per heavy atom. The van der Waals surface area contributed by atoms with Gasteiger partial charge in [0, 0.05) is 31.0 Å². The highest BCUT2D eigenvalue weighted by Gasteiger charge is 2.31. The Morgan fingerprint density at radius 1 is 1.39 bits per heavy atom. The number of nitrogens with two attached hydrogens (primary N) is 1. The van der Waals surface area contributed by atoms with Crippen LogP contribution in [0.15, 0.2) is 23.0 Å². The average Bonchev–Trinajstić information content (AvgIpc) is 3.29. The zero-order chi connectivity index (χ0) is 22.4. The van der Waals surface area contributed by atoms with Gasteiger partial charge in [-0.05, 0) is 25.2 Å². The number of hydrogen-bond donors (Lipinski definition) is 1. The van der Waals surface area contributed by atoms with Crippen LogP contribution in [0.1, 0.15) is 41.7 Å². The van der Waals surface area contributed by atoms with Gasteiger partial charge in [0.2, 0.25) is 5.91 Å². The fourth-order valence-corrected chi connectivity index (χ4v) is 4.15. The maximum absolute atomic E-state index is 13.2. The van der Waals surface area contributed by atoms with Gasteiger partial charge in [0.15, 0.2) is 11.5 Å². The number of nitro benzene ring substituents is 1. The summed E-state index contributed by atoms with van der Waals surface area (Å²) in [6.45, 7) is 1.04. The highest BCUT2D eigenvalue weighted by molar-refractivity contribution is 7.07. The first-order valence-corrected chi connectivity index (χ1v) is 10.8. The largest absolute Gasteiger partial charge is 0.493 e. The molecule has 10 nitrogen and oxygen atoms in total. The van der Waals surface area contributed by atoms with Crippen LogP contribution in [-0.4, -0.2) is 46.8 Å². The van der Waals surface area contributed by atoms with Gasteiger partial charge in [-0.3, -0.25) is 19.7 Å². The van der Waals surface area contributed by atoms with E-state index in [0.717, 1.165) is 12.8 Å². The number of carbonyl (C=O) groups is 2. The van der Waals surface area contributed by atoms with E-state index < -0.39 is 10.8 Å². The molecule has 1 aliphatic rings. The monoisotopic (exact) mass is 448 g/mol. The minimum Gasteiger partial charge on any atom is -0.493 e. The summed E-state index contributed by atoms with van der Waals surface area (Å²) < 4.78 is 11.0. The van der Waals surface area contributed by atoms with Crippen molar-refractivity contribution in [2.24, 2.45) is 11.7 Å². The van der Waals surface area contributed by atoms with Crippen molar-refractivity contribution in [3.63, 3.8) is 0 Å². The minimum atomic E-state index is -0.600. The number of rotatable bonds is 9. The molecule has 0 saturated carbocycles. The third kappa shape index (κ3) is 5.69. The van der Waals surface area contributed by atoms with Crippen molar-refractivity contribution in [1.82, 2.24) is 9.88 Å². The molecule has 1 unspecified atom stereocenters. The van der Waals surface area contributed by atoms with Crippen LogP contribution in [0.4, 0.5) is 5.69 Å². The molecule has 31 heavy (non-hydrogen) atoms. The first kappa shape index (κ1) is 22.5. The van der Waals surface area contributed by atoms with Gasteiger partial charge in [-0.25, -0.2) is 4.98 Å². The molecule has 1 aromatic carbocycles. The number of ether oxygens (including phenoxy) is 2. The smallest absolute Gasteiger partial charge is 0.286 e. The molecule has 1 aromatic heterocycles. The number of methoxy groups -OCH3 is 1. The predicted molar refractivity (Wildman–Crippen MR) is 113 cm³/mol. The summed E-state index contributed by atoms with van der Waals surface area (Å²) in [6.07, 6.45) is 2.49. The molecule has 0 spiro atoms. The molecule has 2 amide bonds. The van der Waals surface area contributed by atoms with Gasteiger partial charge < -0.3 is 20.1 Å². The lowest BCUT2D eigenvalue weighted by atomic mass is 9.92. The van der Waals surface area contributed by atoms with E-state index >= 15 is 0 Å². The lowest BCUT2D eigenvalue weighted by Crippen LogP contribution is -2.40. The van der Waals surface area contributed by atoms with E-state index in [0.29, 0.717) is 25.2 Å². The van der Waals surface area contributed by atoms with Gasteiger partial charge >= 0.3 is 0 Å². The summed E-state index contributed by atoms with van der Waals surface area (Å²) in [5.74, 6) is -0.299. The summed E-state index contributed by atoms with van der Waals surface area (Å²) in [5.41, 5.74) is 7.17. The van der Waals surface area contributed by atoms with Crippen LogP contribution in [0.3, 0.4) is 0 Å². The van der Waals surface area contributed by atoms with E-state index in [4.69, 9.17) is 15.2 Å². The van der Waals surface area contributed by atoms with E-state index in [9.17, 15) is 19.7 Å². The number of nitrogens with zero attached hydrogens (tertiary/aromatic N) is 3. The van der Waals surface area contributed by atoms with Crippen LogP contribution in [0.2, 0.25) is 0 Å². The van der Waals surface area contributed by atoms with Gasteiger partial charge in [0.05, 0.1) is 29.3 Å². The number of thiazole rings is 1. The molecule has 3 rings (SSSR count). The molecule has 2 aromatic rings. The molecule has 2 heterocycles. The molecule has 0 aliphatic carbocycles. The molecule has 1 atom stereocenters. The Morgan fingerprint density at radius 2 is 2.19 bits per heavy atom. The number of carbonyl (C=O) groups excluding carboxylic acids is 2. The lowest BCUT2D eigenvalue weighted by Gasteiger charge is -2.32. The second kappa shape index (κ2) is 10.2. The van der Waals surface area contributed by atoms with Crippen molar-refractivity contribution in [3.8, 4) is 11.5 Å². The molecular weight excluding hydrogens is 424 g/mol. The van der Waals surface area contributed by atoms with Gasteiger partial charge in [-0.1, -0.05) is 0 Å². The molecule has 11 heteroatoms. The minimum absolute atomic E-state index is 0.0570. The second-order valence-electron chi connectivity index (χ2n) is 7.31. The van der Waals surface area contributed by atoms with E-state index in [-0.39, 0.29) is 47.6 Å². The standard InChI is InChI=1S/C20H24N4O6S/c1-29-17-7-15(20(26)23-6-2-3-13(9-23)4-5-19(21)25)16(24(27)28)8-18(17)30-10-14-11-31-12-22-14/h7-8,11-13H,2-6,9-10H2,1H3,(H2,21,25). The Balaban J connectivity index is 1.82. The van der Waals surface area contributed by atoms with E-state index in [1.54, 1.807) is 10.4 Å². The van der Waals surface area contributed by atoms with Crippen LogP contribution in [0.25, 0.3) is 0 Å². The molecule has 166 valence electrons. The first-order valence-electron chi connectivity index (χ1n) is 9.83. The van der Waals surface area contributed by atoms with Gasteiger partial charge in [-0.15, -0.1) is 11.3 Å². The maximum Gasteiger partial charge on any atom is 0.286 e. The maximum atomic E-state index is 13.2. The predicted octanol–water partition coefficient (Wildman–Crippen LogP) is 2.76. The van der Waals surface area contributed by atoms with E-state index in [1.807, 2.05) is 5.38 Å². The van der Waals surface area contributed by atoms with Crippen LogP contribution < -0.4 is 15.2 Å². The van der Waals surface area contributed by atoms with Crippen LogP contribution in [0.5, 0.6) is 11.5 Å². The normalized spacial score (nSPS) is 16.0. The van der Waals surface area contributed by atoms with Crippen molar-refractivity contribution in [2.75, 3.05) is 20.2 Å². The number of amides is 2. The number of aromatic nitrogens is 1. The first-order chi connectivity index (χ1) is 14.9.